The van der Waals surface area contributed by atoms with Crippen molar-refractivity contribution in [1.29, 1.82) is 0 Å². The molecule has 1 unspecified atom stereocenters. The molecule has 0 aromatic carbocycles. The lowest BCUT2D eigenvalue weighted by Crippen LogP contribution is -2.05. The van der Waals surface area contributed by atoms with Gasteiger partial charge in [0.25, 0.3) is 0 Å². The third-order valence-corrected chi connectivity index (χ3v) is 4.17. The third kappa shape index (κ3) is 18.9. The molecule has 0 spiro atoms. The van der Waals surface area contributed by atoms with Gasteiger partial charge in [-0.05, 0) is 56.7 Å². The lowest BCUT2D eigenvalue weighted by Gasteiger charge is -2.05. The van der Waals surface area contributed by atoms with E-state index in [9.17, 15) is 0 Å². The molecule has 0 fully saturated rings. The van der Waals surface area contributed by atoms with Crippen molar-refractivity contribution < 1.29 is 5.11 Å². The summed E-state index contributed by atoms with van der Waals surface area (Å²) in [4.78, 5) is 0. The van der Waals surface area contributed by atoms with Crippen LogP contribution in [0.15, 0.2) is 60.8 Å². The number of aliphatic hydroxyl groups excluding tert-OH is 1. The van der Waals surface area contributed by atoms with Crippen LogP contribution in [0, 0.1) is 5.92 Å². The van der Waals surface area contributed by atoms with Crippen molar-refractivity contribution in [3.05, 3.63) is 60.8 Å². The summed E-state index contributed by atoms with van der Waals surface area (Å²) in [5.74, 6) is 0.198. The standard InChI is InChI=1S/C23H36OS/c1-2-3-4-5-6-7-8-9-10-11-12-13-14-15-16-17-18-19-20-23(21-24)22-25/h3-4,6-7,9-10,12-13,15-16,22-24H,2,5,8,11,14,17-21H2,1H3. The molecule has 0 rings (SSSR count). The molecule has 2 heteroatoms. The topological polar surface area (TPSA) is 20.2 Å². The highest BCUT2D eigenvalue weighted by Crippen LogP contribution is 2.08. The molecule has 0 amide bonds. The molecular formula is C23H36OS. The normalized spacial score (nSPS) is 14.0. The second kappa shape index (κ2) is 20.8. The van der Waals surface area contributed by atoms with Gasteiger partial charge in [0.2, 0.25) is 0 Å². The highest BCUT2D eigenvalue weighted by atomic mass is 32.1. The first-order valence-corrected chi connectivity index (χ1v) is 10.1. The quantitative estimate of drug-likeness (QED) is 0.183. The lowest BCUT2D eigenvalue weighted by molar-refractivity contribution is 0.256. The highest BCUT2D eigenvalue weighted by Gasteiger charge is 2.01. The highest BCUT2D eigenvalue weighted by molar-refractivity contribution is 7.79. The summed E-state index contributed by atoms with van der Waals surface area (Å²) in [6.45, 7) is 2.34. The molecule has 0 bridgehead atoms. The first-order valence-electron chi connectivity index (χ1n) is 9.66. The summed E-state index contributed by atoms with van der Waals surface area (Å²) >= 11 is 4.87. The number of allylic oxidation sites excluding steroid dienone is 10. The van der Waals surface area contributed by atoms with E-state index in [4.69, 9.17) is 17.3 Å². The molecule has 0 aliphatic carbocycles. The fraction of sp³-hybridized carbons (Fsp3) is 0.522. The van der Waals surface area contributed by atoms with Gasteiger partial charge in [0.05, 0.1) is 6.61 Å². The largest absolute Gasteiger partial charge is 0.396 e. The zero-order valence-electron chi connectivity index (χ0n) is 15.9. The van der Waals surface area contributed by atoms with Crippen LogP contribution in [-0.2, 0) is 0 Å². The Kier molecular flexibility index (Phi) is 19.8. The zero-order valence-corrected chi connectivity index (χ0v) is 16.7. The first-order chi connectivity index (χ1) is 12.3. The molecule has 1 N–H and O–H groups in total. The van der Waals surface area contributed by atoms with Crippen LogP contribution in [0.2, 0.25) is 0 Å². The summed E-state index contributed by atoms with van der Waals surface area (Å²) in [5, 5.41) is 10.7. The Morgan fingerprint density at radius 1 is 0.720 bits per heavy atom. The molecule has 1 atom stereocenters. The summed E-state index contributed by atoms with van der Waals surface area (Å²) in [6, 6.07) is 0. The van der Waals surface area contributed by atoms with E-state index in [1.54, 1.807) is 5.37 Å². The Hall–Kier alpha value is -1.25. The predicted octanol–water partition coefficient (Wildman–Crippen LogP) is 6.91. The van der Waals surface area contributed by atoms with Crippen LogP contribution in [0.3, 0.4) is 0 Å². The Morgan fingerprint density at radius 3 is 1.64 bits per heavy atom. The molecular weight excluding hydrogens is 324 g/mol. The molecule has 0 radical (unpaired) electrons. The fourth-order valence-corrected chi connectivity index (χ4v) is 2.46. The van der Waals surface area contributed by atoms with E-state index in [0.29, 0.717) is 0 Å². The van der Waals surface area contributed by atoms with E-state index < -0.39 is 0 Å². The van der Waals surface area contributed by atoms with Gasteiger partial charge in [-0.1, -0.05) is 86.3 Å². The molecule has 140 valence electrons. The van der Waals surface area contributed by atoms with Crippen LogP contribution in [0.1, 0.15) is 64.7 Å². The van der Waals surface area contributed by atoms with Crippen LogP contribution in [0.4, 0.5) is 0 Å². The van der Waals surface area contributed by atoms with Gasteiger partial charge in [-0.15, -0.1) is 0 Å². The number of unbranched alkanes of at least 4 members (excludes halogenated alkanes) is 2. The van der Waals surface area contributed by atoms with E-state index in [1.807, 2.05) is 0 Å². The van der Waals surface area contributed by atoms with Gasteiger partial charge >= 0.3 is 0 Å². The molecule has 25 heavy (non-hydrogen) atoms. The van der Waals surface area contributed by atoms with Crippen LogP contribution >= 0.6 is 12.2 Å². The maximum Gasteiger partial charge on any atom is 0.0502 e. The van der Waals surface area contributed by atoms with Crippen LogP contribution in [-0.4, -0.2) is 17.1 Å². The van der Waals surface area contributed by atoms with Gasteiger partial charge in [0, 0.05) is 5.92 Å². The van der Waals surface area contributed by atoms with Crippen molar-refractivity contribution in [2.45, 2.75) is 64.7 Å². The zero-order chi connectivity index (χ0) is 18.4. The maximum atomic E-state index is 9.04. The summed E-state index contributed by atoms with van der Waals surface area (Å²) < 4.78 is 0. The van der Waals surface area contributed by atoms with Gasteiger partial charge in [-0.2, -0.15) is 0 Å². The molecule has 0 saturated carbocycles. The van der Waals surface area contributed by atoms with Crippen molar-refractivity contribution in [3.8, 4) is 0 Å². The Balaban J connectivity index is 3.49. The van der Waals surface area contributed by atoms with Gasteiger partial charge in [0.1, 0.15) is 0 Å². The van der Waals surface area contributed by atoms with E-state index >= 15 is 0 Å². The van der Waals surface area contributed by atoms with Crippen molar-refractivity contribution in [1.82, 2.24) is 0 Å². The molecule has 0 aromatic rings. The second-order valence-electron chi connectivity index (χ2n) is 6.07. The van der Waals surface area contributed by atoms with Gasteiger partial charge < -0.3 is 5.11 Å². The summed E-state index contributed by atoms with van der Waals surface area (Å²) in [5.41, 5.74) is 0. The molecule has 0 heterocycles. The van der Waals surface area contributed by atoms with Crippen molar-refractivity contribution >= 4 is 17.6 Å². The monoisotopic (exact) mass is 360 g/mol. The van der Waals surface area contributed by atoms with E-state index in [-0.39, 0.29) is 12.5 Å². The minimum atomic E-state index is 0.186. The minimum absolute atomic E-state index is 0.186. The van der Waals surface area contributed by atoms with Crippen molar-refractivity contribution in [2.75, 3.05) is 6.61 Å². The minimum Gasteiger partial charge on any atom is -0.396 e. The number of rotatable bonds is 16. The fourth-order valence-electron chi connectivity index (χ4n) is 2.24. The number of hydrogen-bond acceptors (Lipinski definition) is 2. The summed E-state index contributed by atoms with van der Waals surface area (Å²) in [7, 11) is 0. The third-order valence-electron chi connectivity index (χ3n) is 3.78. The van der Waals surface area contributed by atoms with Crippen molar-refractivity contribution in [2.24, 2.45) is 5.92 Å². The van der Waals surface area contributed by atoms with E-state index in [1.165, 1.54) is 6.42 Å². The van der Waals surface area contributed by atoms with Gasteiger partial charge in [-0.25, -0.2) is 0 Å². The first kappa shape index (κ1) is 23.8. The second-order valence-corrected chi connectivity index (χ2v) is 6.34. The predicted molar refractivity (Wildman–Crippen MR) is 117 cm³/mol. The molecule has 0 aliphatic heterocycles. The van der Waals surface area contributed by atoms with Crippen LogP contribution < -0.4 is 0 Å². The average molecular weight is 361 g/mol. The molecule has 0 aromatic heterocycles. The Labute approximate surface area is 160 Å². The Bertz CT molecular complexity index is 429. The summed E-state index contributed by atoms with van der Waals surface area (Å²) in [6.07, 6.45) is 31.9. The van der Waals surface area contributed by atoms with E-state index in [0.717, 1.165) is 51.4 Å². The number of thiocarbonyl (C=S) groups is 1. The van der Waals surface area contributed by atoms with E-state index in [2.05, 4.69) is 67.7 Å². The smallest absolute Gasteiger partial charge is 0.0502 e. The van der Waals surface area contributed by atoms with Crippen LogP contribution in [0.25, 0.3) is 0 Å². The maximum absolute atomic E-state index is 9.04. The van der Waals surface area contributed by atoms with Crippen LogP contribution in [0.5, 0.6) is 0 Å². The number of hydrogen-bond donors (Lipinski definition) is 1. The molecule has 0 saturated heterocycles. The SMILES string of the molecule is CCC=CCC=CCC=CCC=CCC=CCCCCC(C=S)CO. The van der Waals surface area contributed by atoms with Gasteiger partial charge in [-0.3, -0.25) is 0 Å². The van der Waals surface area contributed by atoms with Gasteiger partial charge in [0.15, 0.2) is 0 Å². The average Bonchev–Trinajstić information content (AvgIpc) is 2.64. The number of aliphatic hydroxyl groups is 1. The van der Waals surface area contributed by atoms with Crippen molar-refractivity contribution in [3.63, 3.8) is 0 Å². The molecule has 1 nitrogen and oxygen atoms in total. The Morgan fingerprint density at radius 2 is 1.20 bits per heavy atom. The molecule has 0 aliphatic rings. The lowest BCUT2D eigenvalue weighted by atomic mass is 10.0.